The number of hydrogen-bond acceptors (Lipinski definition) is 3. The normalized spacial score (nSPS) is 11.7. The van der Waals surface area contributed by atoms with Gasteiger partial charge < -0.3 is 4.90 Å². The number of anilines is 3. The molecule has 10 aromatic rings. The van der Waals surface area contributed by atoms with E-state index in [1.165, 1.54) is 73.4 Å². The van der Waals surface area contributed by atoms with Crippen LogP contribution < -0.4 is 4.90 Å². The first-order valence-corrected chi connectivity index (χ1v) is 18.2. The number of thiophene rings is 2. The molecule has 49 heavy (non-hydrogen) atoms. The lowest BCUT2D eigenvalue weighted by Crippen LogP contribution is -2.09. The number of fused-ring (bicyclic) bond motifs is 8. The summed E-state index contributed by atoms with van der Waals surface area (Å²) in [6, 6.07) is 64.3. The molecule has 0 aliphatic rings. The maximum atomic E-state index is 2.37. The molecule has 0 spiro atoms. The van der Waals surface area contributed by atoms with Gasteiger partial charge in [0.05, 0.1) is 0 Å². The first kappa shape index (κ1) is 28.3. The standard InChI is InChI=1S/C46H29NS2/c1-2-13-34(14-3-1)47(36-25-26-39-38-17-6-8-19-42(38)48-44(39)29-36)35-15-10-12-32(27-35)30-21-23-31(24-22-30)41-28-33-11-4-5-16-37(33)46-45(41)40-18-7-9-20-43(40)49-46/h1-29H. The largest absolute Gasteiger partial charge is 0.310 e. The van der Waals surface area contributed by atoms with Crippen LogP contribution in [0.5, 0.6) is 0 Å². The fourth-order valence-electron chi connectivity index (χ4n) is 7.33. The summed E-state index contributed by atoms with van der Waals surface area (Å²) in [5.74, 6) is 0. The van der Waals surface area contributed by atoms with Gasteiger partial charge in [0.1, 0.15) is 0 Å². The second kappa shape index (κ2) is 11.5. The van der Waals surface area contributed by atoms with E-state index < -0.39 is 0 Å². The number of nitrogens with zero attached hydrogens (tertiary/aromatic N) is 1. The van der Waals surface area contributed by atoms with Crippen molar-refractivity contribution in [3.05, 3.63) is 176 Å². The summed E-state index contributed by atoms with van der Waals surface area (Å²) in [6.07, 6.45) is 0. The Balaban J connectivity index is 1.07. The van der Waals surface area contributed by atoms with Crippen molar-refractivity contribution in [2.75, 3.05) is 4.90 Å². The van der Waals surface area contributed by atoms with E-state index in [1.54, 1.807) is 0 Å². The average molecular weight is 660 g/mol. The van der Waals surface area contributed by atoms with Crippen molar-refractivity contribution in [1.82, 2.24) is 0 Å². The minimum Gasteiger partial charge on any atom is -0.310 e. The molecule has 0 atom stereocenters. The van der Waals surface area contributed by atoms with Crippen molar-refractivity contribution in [2.45, 2.75) is 0 Å². The molecule has 2 aromatic heterocycles. The van der Waals surface area contributed by atoms with Crippen molar-refractivity contribution in [1.29, 1.82) is 0 Å². The van der Waals surface area contributed by atoms with Crippen LogP contribution in [0.2, 0.25) is 0 Å². The van der Waals surface area contributed by atoms with Gasteiger partial charge in [0.25, 0.3) is 0 Å². The highest BCUT2D eigenvalue weighted by atomic mass is 32.1. The van der Waals surface area contributed by atoms with Gasteiger partial charge in [0.2, 0.25) is 0 Å². The lowest BCUT2D eigenvalue weighted by Gasteiger charge is -2.26. The molecular formula is C46H29NS2. The molecule has 0 bridgehead atoms. The Morgan fingerprint density at radius 2 is 0.980 bits per heavy atom. The molecule has 2 heterocycles. The minimum absolute atomic E-state index is 1.13. The van der Waals surface area contributed by atoms with E-state index in [4.69, 9.17) is 0 Å². The summed E-state index contributed by atoms with van der Waals surface area (Å²) in [4.78, 5) is 2.37. The highest BCUT2D eigenvalue weighted by Crippen LogP contribution is 2.45. The van der Waals surface area contributed by atoms with Crippen LogP contribution >= 0.6 is 22.7 Å². The second-order valence-corrected chi connectivity index (χ2v) is 14.7. The molecule has 0 saturated heterocycles. The van der Waals surface area contributed by atoms with Gasteiger partial charge in [-0.1, -0.05) is 121 Å². The summed E-state index contributed by atoms with van der Waals surface area (Å²) in [5.41, 5.74) is 8.34. The van der Waals surface area contributed by atoms with Crippen LogP contribution in [0.1, 0.15) is 0 Å². The fraction of sp³-hybridized carbons (Fsp3) is 0. The summed E-state index contributed by atoms with van der Waals surface area (Å²) in [7, 11) is 0. The third kappa shape index (κ3) is 4.74. The molecule has 1 nitrogen and oxygen atoms in total. The Labute approximate surface area is 292 Å². The zero-order valence-corrected chi connectivity index (χ0v) is 28.1. The molecule has 10 rings (SSSR count). The first-order valence-electron chi connectivity index (χ1n) is 16.6. The van der Waals surface area contributed by atoms with Crippen LogP contribution in [-0.4, -0.2) is 0 Å². The maximum absolute atomic E-state index is 2.37. The van der Waals surface area contributed by atoms with Crippen molar-refractivity contribution in [3.63, 3.8) is 0 Å². The van der Waals surface area contributed by atoms with E-state index in [2.05, 4.69) is 181 Å². The SMILES string of the molecule is c1ccc(N(c2cccc(-c3ccc(-c4cc5ccccc5c5sc6ccccc6c45)cc3)c2)c2ccc3c(c2)sc2ccccc23)cc1. The average Bonchev–Trinajstić information content (AvgIpc) is 3.74. The van der Waals surface area contributed by atoms with Gasteiger partial charge >= 0.3 is 0 Å². The third-order valence-corrected chi connectivity index (χ3v) is 12.0. The van der Waals surface area contributed by atoms with E-state index in [-0.39, 0.29) is 0 Å². The predicted octanol–water partition coefficient (Wildman–Crippen LogP) is 14.4. The minimum atomic E-state index is 1.13. The molecule has 0 saturated carbocycles. The van der Waals surface area contributed by atoms with Crippen molar-refractivity contribution in [3.8, 4) is 22.3 Å². The van der Waals surface area contributed by atoms with Crippen LogP contribution in [0, 0.1) is 0 Å². The van der Waals surface area contributed by atoms with Crippen molar-refractivity contribution in [2.24, 2.45) is 0 Å². The van der Waals surface area contributed by atoms with E-state index in [9.17, 15) is 0 Å². The van der Waals surface area contributed by atoms with Gasteiger partial charge in [-0.3, -0.25) is 0 Å². The van der Waals surface area contributed by atoms with Gasteiger partial charge in [-0.2, -0.15) is 0 Å². The summed E-state index contributed by atoms with van der Waals surface area (Å²) in [6.45, 7) is 0. The molecule has 0 unspecified atom stereocenters. The molecule has 0 fully saturated rings. The highest BCUT2D eigenvalue weighted by molar-refractivity contribution is 7.27. The second-order valence-electron chi connectivity index (χ2n) is 12.5. The predicted molar refractivity (Wildman–Crippen MR) is 215 cm³/mol. The Bertz CT molecular complexity index is 2830. The molecule has 0 amide bonds. The Kier molecular flexibility index (Phi) is 6.61. The van der Waals surface area contributed by atoms with E-state index in [1.807, 2.05) is 22.7 Å². The van der Waals surface area contributed by atoms with Crippen LogP contribution in [0.25, 0.3) is 73.4 Å². The molecule has 0 aliphatic carbocycles. The lowest BCUT2D eigenvalue weighted by molar-refractivity contribution is 1.29. The summed E-state index contributed by atoms with van der Waals surface area (Å²) in [5, 5.41) is 7.92. The monoisotopic (exact) mass is 659 g/mol. The Morgan fingerprint density at radius 3 is 1.82 bits per heavy atom. The number of benzene rings is 8. The number of rotatable bonds is 5. The van der Waals surface area contributed by atoms with Gasteiger partial charge in [-0.25, -0.2) is 0 Å². The molecule has 0 N–H and O–H groups in total. The topological polar surface area (TPSA) is 3.24 Å². The van der Waals surface area contributed by atoms with E-state index >= 15 is 0 Å². The Hall–Kier alpha value is -5.74. The summed E-state index contributed by atoms with van der Waals surface area (Å²) < 4.78 is 5.31. The van der Waals surface area contributed by atoms with Gasteiger partial charge in [0, 0.05) is 57.4 Å². The Morgan fingerprint density at radius 1 is 0.347 bits per heavy atom. The summed E-state index contributed by atoms with van der Waals surface area (Å²) >= 11 is 3.76. The quantitative estimate of drug-likeness (QED) is 0.178. The molecular weight excluding hydrogens is 631 g/mol. The zero-order valence-electron chi connectivity index (χ0n) is 26.5. The van der Waals surface area contributed by atoms with Gasteiger partial charge in [0.15, 0.2) is 0 Å². The van der Waals surface area contributed by atoms with Gasteiger partial charge in [-0.05, 0) is 87.6 Å². The smallest absolute Gasteiger partial charge is 0.0476 e. The molecule has 230 valence electrons. The van der Waals surface area contributed by atoms with E-state index in [0.717, 1.165) is 17.1 Å². The van der Waals surface area contributed by atoms with E-state index in [0.29, 0.717) is 0 Å². The van der Waals surface area contributed by atoms with Crippen molar-refractivity contribution >= 4 is 90.9 Å². The van der Waals surface area contributed by atoms with Crippen LogP contribution in [0.3, 0.4) is 0 Å². The lowest BCUT2D eigenvalue weighted by atomic mass is 9.94. The molecule has 3 heteroatoms. The van der Waals surface area contributed by atoms with Crippen LogP contribution in [-0.2, 0) is 0 Å². The van der Waals surface area contributed by atoms with Crippen LogP contribution in [0.4, 0.5) is 17.1 Å². The zero-order chi connectivity index (χ0) is 32.3. The molecule has 0 aliphatic heterocycles. The third-order valence-electron chi connectivity index (χ3n) is 9.64. The number of hydrogen-bond donors (Lipinski definition) is 0. The molecule has 0 radical (unpaired) electrons. The van der Waals surface area contributed by atoms with Gasteiger partial charge in [-0.15, -0.1) is 22.7 Å². The highest BCUT2D eigenvalue weighted by Gasteiger charge is 2.17. The number of para-hydroxylation sites is 1. The maximum Gasteiger partial charge on any atom is 0.0476 e. The fourth-order valence-corrected chi connectivity index (χ4v) is 9.74. The first-order chi connectivity index (χ1) is 24.3. The van der Waals surface area contributed by atoms with Crippen molar-refractivity contribution < 1.29 is 0 Å². The van der Waals surface area contributed by atoms with Crippen LogP contribution in [0.15, 0.2) is 176 Å². The molecule has 8 aromatic carbocycles.